The van der Waals surface area contributed by atoms with Crippen molar-refractivity contribution in [3.05, 3.63) is 46.3 Å². The van der Waals surface area contributed by atoms with Crippen LogP contribution in [0.1, 0.15) is 30.1 Å². The molecule has 4 heterocycles. The van der Waals surface area contributed by atoms with E-state index in [2.05, 4.69) is 17.1 Å². The van der Waals surface area contributed by atoms with Crippen molar-refractivity contribution in [3.8, 4) is 10.8 Å². The van der Waals surface area contributed by atoms with E-state index in [1.54, 1.807) is 6.07 Å². The van der Waals surface area contributed by atoms with E-state index in [0.717, 1.165) is 18.2 Å². The molecule has 132 valence electrons. The van der Waals surface area contributed by atoms with E-state index in [-0.39, 0.29) is 11.9 Å². The molecule has 2 aromatic rings. The van der Waals surface area contributed by atoms with Crippen molar-refractivity contribution in [2.24, 2.45) is 5.92 Å². The van der Waals surface area contributed by atoms with Gasteiger partial charge >= 0.3 is 0 Å². The molecule has 5 rings (SSSR count). The summed E-state index contributed by atoms with van der Waals surface area (Å²) in [4.78, 5) is 15.1. The lowest BCUT2D eigenvalue weighted by atomic mass is 9.79. The van der Waals surface area contributed by atoms with Crippen LogP contribution in [0.3, 0.4) is 0 Å². The van der Waals surface area contributed by atoms with E-state index in [4.69, 9.17) is 16.3 Å². The number of amides is 1. The monoisotopic (exact) mass is 376 g/mol. The zero-order valence-electron chi connectivity index (χ0n) is 14.1. The van der Waals surface area contributed by atoms with Crippen molar-refractivity contribution in [1.29, 1.82) is 0 Å². The lowest BCUT2D eigenvalue weighted by molar-refractivity contribution is 0.0217. The fraction of sp³-hybridized carbons (Fsp3) is 0.421. The molecule has 0 unspecified atom stereocenters. The Labute approximate surface area is 156 Å². The quantitative estimate of drug-likeness (QED) is 0.859. The summed E-state index contributed by atoms with van der Waals surface area (Å²) in [6.07, 6.45) is 2.37. The van der Waals surface area contributed by atoms with E-state index in [0.29, 0.717) is 28.3 Å². The topological polar surface area (TPSA) is 41.6 Å². The van der Waals surface area contributed by atoms with Crippen molar-refractivity contribution in [2.45, 2.75) is 31.8 Å². The summed E-state index contributed by atoms with van der Waals surface area (Å²) >= 11 is 7.35. The number of benzene rings is 1. The Bertz CT molecular complexity index is 751. The second-order valence-corrected chi connectivity index (χ2v) is 8.13. The SMILES string of the molecule is C[C@H]1[C@H](NC(=O)c2ccc(Oc3cc(Cl)cs3)cc2)C2CCN1CC2. The smallest absolute Gasteiger partial charge is 0.251 e. The third-order valence-electron chi connectivity index (χ3n) is 5.35. The molecule has 3 fully saturated rings. The number of halogens is 1. The van der Waals surface area contributed by atoms with Crippen LogP contribution in [-0.2, 0) is 0 Å². The Kier molecular flexibility index (Phi) is 4.71. The normalized spacial score (nSPS) is 27.9. The average Bonchev–Trinajstić information content (AvgIpc) is 3.04. The molecule has 0 aliphatic carbocycles. The van der Waals surface area contributed by atoms with Gasteiger partial charge in [0.2, 0.25) is 0 Å². The first-order chi connectivity index (χ1) is 12.1. The van der Waals surface area contributed by atoms with Crippen LogP contribution in [0.15, 0.2) is 35.7 Å². The summed E-state index contributed by atoms with van der Waals surface area (Å²) in [6, 6.07) is 9.71. The number of carbonyl (C=O) groups excluding carboxylic acids is 1. The zero-order chi connectivity index (χ0) is 17.4. The van der Waals surface area contributed by atoms with Gasteiger partial charge in [-0.3, -0.25) is 9.69 Å². The van der Waals surface area contributed by atoms with Gasteiger partial charge in [0.1, 0.15) is 5.75 Å². The van der Waals surface area contributed by atoms with Gasteiger partial charge in [0, 0.05) is 29.1 Å². The first-order valence-electron chi connectivity index (χ1n) is 8.67. The largest absolute Gasteiger partial charge is 0.447 e. The highest BCUT2D eigenvalue weighted by molar-refractivity contribution is 7.12. The van der Waals surface area contributed by atoms with Crippen LogP contribution >= 0.6 is 22.9 Å². The van der Waals surface area contributed by atoms with Gasteiger partial charge < -0.3 is 10.1 Å². The number of hydrogen-bond acceptors (Lipinski definition) is 4. The fourth-order valence-electron chi connectivity index (χ4n) is 3.92. The van der Waals surface area contributed by atoms with Crippen molar-refractivity contribution in [2.75, 3.05) is 13.1 Å². The Morgan fingerprint density at radius 3 is 2.60 bits per heavy atom. The lowest BCUT2D eigenvalue weighted by Gasteiger charge is -2.49. The second-order valence-electron chi connectivity index (χ2n) is 6.82. The number of nitrogens with one attached hydrogen (secondary N) is 1. The number of hydrogen-bond donors (Lipinski definition) is 1. The molecule has 6 heteroatoms. The average molecular weight is 377 g/mol. The summed E-state index contributed by atoms with van der Waals surface area (Å²) in [5.41, 5.74) is 0.667. The van der Waals surface area contributed by atoms with Crippen LogP contribution in [-0.4, -0.2) is 36.0 Å². The molecule has 3 saturated heterocycles. The number of thiophene rings is 1. The highest BCUT2D eigenvalue weighted by Crippen LogP contribution is 2.33. The summed E-state index contributed by atoms with van der Waals surface area (Å²) in [7, 11) is 0. The van der Waals surface area contributed by atoms with Crippen LogP contribution in [0.2, 0.25) is 5.02 Å². The highest BCUT2D eigenvalue weighted by atomic mass is 35.5. The maximum atomic E-state index is 12.6. The zero-order valence-corrected chi connectivity index (χ0v) is 15.6. The van der Waals surface area contributed by atoms with Gasteiger partial charge in [-0.25, -0.2) is 0 Å². The molecule has 0 radical (unpaired) electrons. The van der Waals surface area contributed by atoms with E-state index >= 15 is 0 Å². The van der Waals surface area contributed by atoms with E-state index in [9.17, 15) is 4.79 Å². The Morgan fingerprint density at radius 2 is 2.00 bits per heavy atom. The van der Waals surface area contributed by atoms with Crippen LogP contribution < -0.4 is 10.1 Å². The molecule has 1 amide bonds. The van der Waals surface area contributed by atoms with Gasteiger partial charge in [-0.15, -0.1) is 11.3 Å². The molecule has 1 N–H and O–H groups in total. The summed E-state index contributed by atoms with van der Waals surface area (Å²) in [5.74, 6) is 1.30. The van der Waals surface area contributed by atoms with Crippen molar-refractivity contribution >= 4 is 28.8 Å². The third-order valence-corrected chi connectivity index (χ3v) is 6.51. The fourth-order valence-corrected chi connectivity index (χ4v) is 4.85. The maximum absolute atomic E-state index is 12.6. The molecule has 3 aliphatic rings. The minimum atomic E-state index is -0.00341. The van der Waals surface area contributed by atoms with Gasteiger partial charge in [-0.2, -0.15) is 0 Å². The molecule has 25 heavy (non-hydrogen) atoms. The number of nitrogens with zero attached hydrogens (tertiary/aromatic N) is 1. The Balaban J connectivity index is 1.40. The molecule has 2 atom stereocenters. The first kappa shape index (κ1) is 16.9. The van der Waals surface area contributed by atoms with Crippen molar-refractivity contribution in [1.82, 2.24) is 10.2 Å². The summed E-state index contributed by atoms with van der Waals surface area (Å²) in [6.45, 7) is 4.55. The standard InChI is InChI=1S/C19H21ClN2O2S/c1-12-18(13-6-8-22(12)9-7-13)21-19(23)14-2-4-16(5-3-14)24-17-10-15(20)11-25-17/h2-5,10-13,18H,6-9H2,1H3,(H,21,23)/t12-,18-/m0/s1. The van der Waals surface area contributed by atoms with E-state index in [1.165, 1.54) is 24.2 Å². The number of piperidine rings is 3. The number of ether oxygens (including phenoxy) is 1. The molecule has 1 aromatic heterocycles. The van der Waals surface area contributed by atoms with Crippen molar-refractivity contribution < 1.29 is 9.53 Å². The predicted molar refractivity (Wildman–Crippen MR) is 101 cm³/mol. The summed E-state index contributed by atoms with van der Waals surface area (Å²) < 4.78 is 5.74. The second kappa shape index (κ2) is 6.98. The number of carbonyl (C=O) groups is 1. The third kappa shape index (κ3) is 3.54. The van der Waals surface area contributed by atoms with Gasteiger partial charge in [0.25, 0.3) is 5.91 Å². The molecule has 1 aromatic carbocycles. The van der Waals surface area contributed by atoms with Gasteiger partial charge in [0.05, 0.1) is 5.02 Å². The predicted octanol–water partition coefficient (Wildman–Crippen LogP) is 4.41. The Hall–Kier alpha value is -1.56. The van der Waals surface area contributed by atoms with Gasteiger partial charge in [-0.1, -0.05) is 11.6 Å². The molecule has 0 saturated carbocycles. The molecule has 4 nitrogen and oxygen atoms in total. The molecule has 0 spiro atoms. The highest BCUT2D eigenvalue weighted by Gasteiger charge is 2.40. The summed E-state index contributed by atoms with van der Waals surface area (Å²) in [5, 5.41) is 6.49. The van der Waals surface area contributed by atoms with Crippen molar-refractivity contribution in [3.63, 3.8) is 0 Å². The minimum Gasteiger partial charge on any atom is -0.447 e. The van der Waals surface area contributed by atoms with E-state index in [1.807, 2.05) is 29.6 Å². The lowest BCUT2D eigenvalue weighted by Crippen LogP contribution is -2.62. The molecule has 3 aliphatic heterocycles. The number of rotatable bonds is 4. The molecular formula is C19H21ClN2O2S. The Morgan fingerprint density at radius 1 is 1.28 bits per heavy atom. The molecular weight excluding hydrogens is 356 g/mol. The first-order valence-corrected chi connectivity index (χ1v) is 9.93. The van der Waals surface area contributed by atoms with E-state index < -0.39 is 0 Å². The van der Waals surface area contributed by atoms with Gasteiger partial charge in [-0.05, 0) is 63.0 Å². The molecule has 2 bridgehead atoms. The number of fused-ring (bicyclic) bond motifs is 3. The van der Waals surface area contributed by atoms with Crippen LogP contribution in [0.5, 0.6) is 10.8 Å². The van der Waals surface area contributed by atoms with Gasteiger partial charge in [0.15, 0.2) is 5.06 Å². The maximum Gasteiger partial charge on any atom is 0.251 e. The minimum absolute atomic E-state index is 0.00341. The van der Waals surface area contributed by atoms with Crippen LogP contribution in [0, 0.1) is 5.92 Å². The van der Waals surface area contributed by atoms with Crippen LogP contribution in [0.25, 0.3) is 0 Å². The van der Waals surface area contributed by atoms with Crippen LogP contribution in [0.4, 0.5) is 0 Å².